The van der Waals surface area contributed by atoms with E-state index in [-0.39, 0.29) is 18.1 Å². The first kappa shape index (κ1) is 21.6. The van der Waals surface area contributed by atoms with Gasteiger partial charge in [-0.25, -0.2) is 0 Å². The molecule has 0 aromatic heterocycles. The summed E-state index contributed by atoms with van der Waals surface area (Å²) >= 11 is 6.81. The van der Waals surface area contributed by atoms with Crippen LogP contribution in [-0.4, -0.2) is 49.7 Å². The Hall–Kier alpha value is -0.143. The molecule has 0 amide bonds. The highest BCUT2D eigenvalue weighted by Crippen LogP contribution is 2.66. The van der Waals surface area contributed by atoms with E-state index in [0.717, 1.165) is 13.0 Å². The molecule has 1 aliphatic carbocycles. The number of carbonyl (C=O) groups excluding carboxylic acids is 1. The van der Waals surface area contributed by atoms with E-state index >= 15 is 0 Å². The van der Waals surface area contributed by atoms with Crippen LogP contribution < -0.4 is 0 Å². The first-order chi connectivity index (χ1) is 12.6. The zero-order chi connectivity index (χ0) is 20.2. The smallest absolute Gasteiger partial charge is 0.318 e. The maximum atomic E-state index is 13.0. The summed E-state index contributed by atoms with van der Waals surface area (Å²) in [4.78, 5) is 19.1. The van der Waals surface area contributed by atoms with Crippen molar-refractivity contribution in [3.63, 3.8) is 0 Å². The van der Waals surface area contributed by atoms with Gasteiger partial charge in [0.15, 0.2) is 5.06 Å². The molecule has 2 saturated heterocycles. The van der Waals surface area contributed by atoms with Gasteiger partial charge >= 0.3 is 5.97 Å². The molecule has 0 spiro atoms. The number of hydrogen-bond donors (Lipinski definition) is 0. The van der Waals surface area contributed by atoms with Crippen LogP contribution in [0.15, 0.2) is 0 Å². The van der Waals surface area contributed by atoms with Crippen molar-refractivity contribution in [1.82, 2.24) is 5.06 Å². The first-order valence-corrected chi connectivity index (χ1v) is 13.1. The van der Waals surface area contributed by atoms with E-state index in [2.05, 4.69) is 41.5 Å². The fourth-order valence-corrected chi connectivity index (χ4v) is 12.2. The van der Waals surface area contributed by atoms with Gasteiger partial charge in [0.1, 0.15) is 5.41 Å². The zero-order valence-electron chi connectivity index (χ0n) is 17.9. The second-order valence-electron chi connectivity index (χ2n) is 9.36. The van der Waals surface area contributed by atoms with E-state index in [9.17, 15) is 4.79 Å². The fourth-order valence-electron chi connectivity index (χ4n) is 6.10. The van der Waals surface area contributed by atoms with Crippen LogP contribution in [0.5, 0.6) is 0 Å². The van der Waals surface area contributed by atoms with Gasteiger partial charge in [-0.3, -0.25) is 9.63 Å². The summed E-state index contributed by atoms with van der Waals surface area (Å²) in [5.41, 5.74) is 0.676. The fraction of sp³-hybridized carbons (Fsp3) is 0.950. The summed E-state index contributed by atoms with van der Waals surface area (Å²) in [5, 5.41) is 0.964. The quantitative estimate of drug-likeness (QED) is 0.337. The lowest BCUT2D eigenvalue weighted by atomic mass is 9.61. The highest BCUT2D eigenvalue weighted by atomic mass is 35.5. The SMILES string of the molecule is CCOC(=O)[C@]12CC[C@@]1(Cl)ON1CC[C@H](O[Si](C(C)C)(C(C)C)C(C)C)[C@H]12. The number of fused-ring (bicyclic) bond motifs is 3. The Morgan fingerprint density at radius 1 is 1.19 bits per heavy atom. The second kappa shape index (κ2) is 7.28. The van der Waals surface area contributed by atoms with Crippen molar-refractivity contribution in [2.24, 2.45) is 5.41 Å². The van der Waals surface area contributed by atoms with Crippen LogP contribution in [0.1, 0.15) is 67.7 Å². The number of nitrogens with zero attached hydrogens (tertiary/aromatic N) is 1. The predicted octanol–water partition coefficient (Wildman–Crippen LogP) is 4.85. The molecule has 0 radical (unpaired) electrons. The minimum Gasteiger partial charge on any atom is -0.465 e. The highest BCUT2D eigenvalue weighted by Gasteiger charge is 2.78. The van der Waals surface area contributed by atoms with E-state index in [4.69, 9.17) is 25.6 Å². The number of hydroxylamine groups is 2. The van der Waals surface area contributed by atoms with Crippen LogP contribution in [0.25, 0.3) is 0 Å². The van der Waals surface area contributed by atoms with Crippen LogP contribution >= 0.6 is 11.6 Å². The third kappa shape index (κ3) is 2.85. The van der Waals surface area contributed by atoms with Crippen molar-refractivity contribution < 1.29 is 18.8 Å². The molecule has 0 N–H and O–H groups in total. The molecule has 2 aliphatic heterocycles. The monoisotopic (exact) mass is 417 g/mol. The maximum absolute atomic E-state index is 13.0. The number of carbonyl (C=O) groups is 1. The van der Waals surface area contributed by atoms with E-state index in [1.165, 1.54) is 0 Å². The molecule has 7 heteroatoms. The van der Waals surface area contributed by atoms with Crippen molar-refractivity contribution >= 4 is 25.9 Å². The second-order valence-corrected chi connectivity index (χ2v) is 15.4. The van der Waals surface area contributed by atoms with Crippen LogP contribution in [0, 0.1) is 5.41 Å². The number of hydrogen-bond acceptors (Lipinski definition) is 5. The highest BCUT2D eigenvalue weighted by molar-refractivity contribution is 6.77. The van der Waals surface area contributed by atoms with Gasteiger partial charge in [0, 0.05) is 6.54 Å². The Bertz CT molecular complexity index is 565. The lowest BCUT2D eigenvalue weighted by Gasteiger charge is -2.51. The van der Waals surface area contributed by atoms with E-state index in [1.54, 1.807) is 0 Å². The number of halogens is 1. The van der Waals surface area contributed by atoms with E-state index in [0.29, 0.717) is 36.1 Å². The lowest BCUT2D eigenvalue weighted by Crippen LogP contribution is -2.64. The Morgan fingerprint density at radius 2 is 1.78 bits per heavy atom. The maximum Gasteiger partial charge on any atom is 0.318 e. The number of alkyl halides is 1. The molecule has 0 bridgehead atoms. The van der Waals surface area contributed by atoms with Crippen LogP contribution in [0.3, 0.4) is 0 Å². The molecule has 0 aromatic carbocycles. The number of ether oxygens (including phenoxy) is 1. The van der Waals surface area contributed by atoms with Crippen LogP contribution in [0.4, 0.5) is 0 Å². The van der Waals surface area contributed by atoms with Gasteiger partial charge in [0.2, 0.25) is 8.32 Å². The number of rotatable bonds is 7. The van der Waals surface area contributed by atoms with Gasteiger partial charge in [0.05, 0.1) is 18.8 Å². The van der Waals surface area contributed by atoms with Crippen molar-refractivity contribution in [3.05, 3.63) is 0 Å². The summed E-state index contributed by atoms with van der Waals surface area (Å²) in [7, 11) is -2.07. The largest absolute Gasteiger partial charge is 0.465 e. The molecule has 0 unspecified atom stereocenters. The minimum atomic E-state index is -2.07. The van der Waals surface area contributed by atoms with Gasteiger partial charge in [0.25, 0.3) is 0 Å². The van der Waals surface area contributed by atoms with E-state index < -0.39 is 18.8 Å². The minimum absolute atomic E-state index is 0.0332. The summed E-state index contributed by atoms with van der Waals surface area (Å²) in [5.74, 6) is -0.222. The van der Waals surface area contributed by atoms with Crippen molar-refractivity contribution in [2.75, 3.05) is 13.2 Å². The molecule has 1 saturated carbocycles. The van der Waals surface area contributed by atoms with Gasteiger partial charge in [-0.2, -0.15) is 5.06 Å². The van der Waals surface area contributed by atoms with Gasteiger partial charge in [-0.1, -0.05) is 53.1 Å². The Morgan fingerprint density at radius 3 is 2.22 bits per heavy atom. The van der Waals surface area contributed by atoms with E-state index in [1.807, 2.05) is 12.0 Å². The molecule has 156 valence electrons. The van der Waals surface area contributed by atoms with Gasteiger partial charge < -0.3 is 9.16 Å². The third-order valence-electron chi connectivity index (χ3n) is 7.27. The molecule has 0 aromatic rings. The van der Waals surface area contributed by atoms with Crippen molar-refractivity contribution in [3.8, 4) is 0 Å². The van der Waals surface area contributed by atoms with Crippen LogP contribution in [0.2, 0.25) is 16.6 Å². The van der Waals surface area contributed by atoms with Gasteiger partial charge in [-0.15, -0.1) is 0 Å². The standard InChI is InChI=1S/C20H36ClNO4Si/c1-8-24-18(23)19-10-11-20(19,21)26-22-12-9-16(17(19)22)25-27(13(2)3,14(4)5)15(6)7/h13-17H,8-12H2,1-7H3/t16-,17-,19+,20+/m0/s1. The lowest BCUT2D eigenvalue weighted by molar-refractivity contribution is -0.200. The summed E-state index contributed by atoms with van der Waals surface area (Å²) < 4.78 is 12.6. The van der Waals surface area contributed by atoms with Crippen molar-refractivity contribution in [2.45, 2.75) is 102 Å². The third-order valence-corrected chi connectivity index (χ3v) is 14.0. The van der Waals surface area contributed by atoms with Gasteiger partial charge in [-0.05, 0) is 42.8 Å². The molecular formula is C20H36ClNO4Si. The predicted molar refractivity (Wildman–Crippen MR) is 109 cm³/mol. The Labute approximate surface area is 170 Å². The molecule has 27 heavy (non-hydrogen) atoms. The molecule has 3 fully saturated rings. The summed E-state index contributed by atoms with van der Waals surface area (Å²) in [6, 6.07) is -0.147. The zero-order valence-corrected chi connectivity index (χ0v) is 19.6. The summed E-state index contributed by atoms with van der Waals surface area (Å²) in [6.07, 6.45) is 2.22. The molecule has 3 rings (SSSR count). The molecule has 4 atom stereocenters. The average Bonchev–Trinajstić information content (AvgIpc) is 3.00. The normalized spacial score (nSPS) is 36.3. The summed E-state index contributed by atoms with van der Waals surface area (Å²) in [6.45, 7) is 16.7. The topological polar surface area (TPSA) is 48.0 Å². The first-order valence-electron chi connectivity index (χ1n) is 10.6. The van der Waals surface area contributed by atoms with Crippen molar-refractivity contribution in [1.29, 1.82) is 0 Å². The Balaban J connectivity index is 1.95. The molecular weight excluding hydrogens is 382 g/mol. The number of esters is 1. The molecule has 5 nitrogen and oxygen atoms in total. The average molecular weight is 418 g/mol. The molecule has 3 aliphatic rings. The molecule has 2 heterocycles. The van der Waals surface area contributed by atoms with Crippen LogP contribution in [-0.2, 0) is 18.8 Å². The Kier molecular flexibility index (Phi) is 5.81.